The van der Waals surface area contributed by atoms with E-state index in [1.54, 1.807) is 31.2 Å². The van der Waals surface area contributed by atoms with Gasteiger partial charge in [-0.25, -0.2) is 18.6 Å². The van der Waals surface area contributed by atoms with Crippen molar-refractivity contribution in [3.63, 3.8) is 0 Å². The number of sulfone groups is 1. The molecule has 0 saturated heterocycles. The zero-order valence-corrected chi connectivity index (χ0v) is 13.6. The molecule has 0 unspecified atom stereocenters. The Labute approximate surface area is 135 Å². The van der Waals surface area contributed by atoms with E-state index in [-0.39, 0.29) is 4.90 Å². The van der Waals surface area contributed by atoms with E-state index >= 15 is 0 Å². The van der Waals surface area contributed by atoms with Crippen LogP contribution in [0.3, 0.4) is 0 Å². The summed E-state index contributed by atoms with van der Waals surface area (Å²) in [5, 5.41) is 6.63. The minimum Gasteiger partial charge on any atom is -0.307 e. The summed E-state index contributed by atoms with van der Waals surface area (Å²) in [6.45, 7) is 1.72. The van der Waals surface area contributed by atoms with Gasteiger partial charge in [-0.3, -0.25) is 0 Å². The molecule has 2 aromatic carbocycles. The highest BCUT2D eigenvalue weighted by atomic mass is 32.2. The van der Waals surface area contributed by atoms with Gasteiger partial charge in [0.1, 0.15) is 0 Å². The van der Waals surface area contributed by atoms with Crippen LogP contribution in [0.5, 0.6) is 0 Å². The second kappa shape index (κ2) is 7.06. The number of para-hydroxylation sites is 1. The first-order valence-electron chi connectivity index (χ1n) is 6.83. The highest BCUT2D eigenvalue weighted by Crippen LogP contribution is 2.11. The molecule has 2 amide bonds. The third-order valence-corrected chi connectivity index (χ3v) is 4.19. The van der Waals surface area contributed by atoms with Crippen molar-refractivity contribution in [2.75, 3.05) is 11.6 Å². The molecule has 0 saturated carbocycles. The van der Waals surface area contributed by atoms with Gasteiger partial charge in [0.15, 0.2) is 9.84 Å². The van der Waals surface area contributed by atoms with Gasteiger partial charge in [0, 0.05) is 11.9 Å². The predicted molar refractivity (Wildman–Crippen MR) is 90.4 cm³/mol. The van der Waals surface area contributed by atoms with Crippen LogP contribution in [-0.2, 0) is 9.84 Å². The number of nitrogens with zero attached hydrogens (tertiary/aromatic N) is 1. The first kappa shape index (κ1) is 16.7. The summed E-state index contributed by atoms with van der Waals surface area (Å²) in [4.78, 5) is 12.0. The summed E-state index contributed by atoms with van der Waals surface area (Å²) >= 11 is 0. The molecule has 0 fully saturated rings. The lowest BCUT2D eigenvalue weighted by Crippen LogP contribution is -2.25. The second-order valence-electron chi connectivity index (χ2n) is 4.93. The van der Waals surface area contributed by atoms with Crippen LogP contribution in [0.1, 0.15) is 12.5 Å². The van der Waals surface area contributed by atoms with Crippen molar-refractivity contribution in [1.29, 1.82) is 0 Å². The number of rotatable bonds is 4. The quantitative estimate of drug-likeness (QED) is 0.667. The van der Waals surface area contributed by atoms with Crippen LogP contribution < -0.4 is 10.7 Å². The van der Waals surface area contributed by atoms with E-state index in [2.05, 4.69) is 15.8 Å². The molecule has 0 radical (unpaired) electrons. The zero-order chi connectivity index (χ0) is 16.9. The molecule has 2 aromatic rings. The molecule has 0 aliphatic rings. The summed E-state index contributed by atoms with van der Waals surface area (Å²) in [5.41, 5.74) is 4.34. The maximum Gasteiger partial charge on any atom is 0.339 e. The van der Waals surface area contributed by atoms with Crippen molar-refractivity contribution < 1.29 is 13.2 Å². The lowest BCUT2D eigenvalue weighted by molar-refractivity contribution is 0.252. The van der Waals surface area contributed by atoms with E-state index < -0.39 is 15.9 Å². The number of nitrogens with one attached hydrogen (secondary N) is 2. The predicted octanol–water partition coefficient (Wildman–Crippen LogP) is 2.64. The highest BCUT2D eigenvalue weighted by molar-refractivity contribution is 7.90. The van der Waals surface area contributed by atoms with Gasteiger partial charge in [-0.2, -0.15) is 5.10 Å². The van der Waals surface area contributed by atoms with Crippen LogP contribution in [0, 0.1) is 0 Å². The molecule has 0 aliphatic heterocycles. The number of benzene rings is 2. The van der Waals surface area contributed by atoms with E-state index in [4.69, 9.17) is 0 Å². The van der Waals surface area contributed by atoms with Gasteiger partial charge in [0.05, 0.1) is 10.6 Å². The Bertz CT molecular complexity index is 813. The highest BCUT2D eigenvalue weighted by Gasteiger charge is 2.07. The van der Waals surface area contributed by atoms with Gasteiger partial charge < -0.3 is 5.32 Å². The fraction of sp³-hybridized carbons (Fsp3) is 0.125. The summed E-state index contributed by atoms with van der Waals surface area (Å²) in [6.07, 6.45) is 1.15. The van der Waals surface area contributed by atoms with Gasteiger partial charge in [0.2, 0.25) is 0 Å². The Morgan fingerprint density at radius 2 is 1.61 bits per heavy atom. The van der Waals surface area contributed by atoms with E-state index in [1.165, 1.54) is 12.1 Å². The fourth-order valence-corrected chi connectivity index (χ4v) is 2.45. The molecule has 0 spiro atoms. The first-order valence-corrected chi connectivity index (χ1v) is 8.72. The third-order valence-electron chi connectivity index (χ3n) is 3.06. The number of urea groups is 1. The molecule has 23 heavy (non-hydrogen) atoms. The monoisotopic (exact) mass is 331 g/mol. The summed E-state index contributed by atoms with van der Waals surface area (Å²) in [5.74, 6) is 0. The average Bonchev–Trinajstić information content (AvgIpc) is 2.53. The Balaban J connectivity index is 2.01. The number of amides is 2. The van der Waals surface area contributed by atoms with Gasteiger partial charge >= 0.3 is 6.03 Å². The number of hydrazone groups is 1. The Morgan fingerprint density at radius 3 is 2.17 bits per heavy atom. The first-order chi connectivity index (χ1) is 10.9. The Hall–Kier alpha value is -2.67. The van der Waals surface area contributed by atoms with Crippen molar-refractivity contribution in [3.05, 3.63) is 60.2 Å². The summed E-state index contributed by atoms with van der Waals surface area (Å²) in [7, 11) is -3.23. The largest absolute Gasteiger partial charge is 0.339 e. The number of hydrogen-bond acceptors (Lipinski definition) is 4. The lowest BCUT2D eigenvalue weighted by atomic mass is 10.1. The van der Waals surface area contributed by atoms with Crippen LogP contribution in [0.25, 0.3) is 0 Å². The molecule has 7 heteroatoms. The molecular formula is C16H17N3O3S. The van der Waals surface area contributed by atoms with Gasteiger partial charge in [0.25, 0.3) is 0 Å². The average molecular weight is 331 g/mol. The van der Waals surface area contributed by atoms with E-state index in [1.807, 2.05) is 18.2 Å². The molecular weight excluding hydrogens is 314 g/mol. The van der Waals surface area contributed by atoms with Crippen LogP contribution in [0.4, 0.5) is 10.5 Å². The van der Waals surface area contributed by atoms with Crippen molar-refractivity contribution in [1.82, 2.24) is 5.43 Å². The standard InChI is InChI=1S/C16H17N3O3S/c1-12(13-8-10-15(11-9-13)23(2,21)22)18-19-16(20)17-14-6-4-3-5-7-14/h3-11H,1-2H3,(H2,17,19,20)/b18-12-. The van der Waals surface area contributed by atoms with E-state index in [0.29, 0.717) is 11.4 Å². The molecule has 2 N–H and O–H groups in total. The minimum absolute atomic E-state index is 0.240. The molecule has 2 rings (SSSR count). The van der Waals surface area contributed by atoms with Gasteiger partial charge in [-0.1, -0.05) is 30.3 Å². The number of carbonyl (C=O) groups is 1. The summed E-state index contributed by atoms with van der Waals surface area (Å²) < 4.78 is 22.8. The topological polar surface area (TPSA) is 87.6 Å². The molecule has 0 atom stereocenters. The number of anilines is 1. The summed E-state index contributed by atoms with van der Waals surface area (Å²) in [6, 6.07) is 14.9. The molecule has 6 nitrogen and oxygen atoms in total. The van der Waals surface area contributed by atoms with Crippen LogP contribution in [-0.4, -0.2) is 26.4 Å². The smallest absolute Gasteiger partial charge is 0.307 e. The lowest BCUT2D eigenvalue weighted by Gasteiger charge is -2.06. The van der Waals surface area contributed by atoms with Crippen LogP contribution in [0.2, 0.25) is 0 Å². The molecule has 0 heterocycles. The van der Waals surface area contributed by atoms with E-state index in [0.717, 1.165) is 11.8 Å². The zero-order valence-electron chi connectivity index (χ0n) is 12.8. The SMILES string of the molecule is C/C(=N/NC(=O)Nc1ccccc1)c1ccc(S(C)(=O)=O)cc1. The number of carbonyl (C=O) groups excluding carboxylic acids is 1. The molecule has 0 aromatic heterocycles. The van der Waals surface area contributed by atoms with Gasteiger partial charge in [-0.15, -0.1) is 0 Å². The van der Waals surface area contributed by atoms with Gasteiger partial charge in [-0.05, 0) is 36.8 Å². The Kier molecular flexibility index (Phi) is 5.13. The van der Waals surface area contributed by atoms with Crippen LogP contribution >= 0.6 is 0 Å². The molecule has 0 aliphatic carbocycles. The number of hydrogen-bond donors (Lipinski definition) is 2. The molecule has 120 valence electrons. The minimum atomic E-state index is -3.23. The maximum atomic E-state index is 11.7. The van der Waals surface area contributed by atoms with Crippen molar-refractivity contribution in [2.45, 2.75) is 11.8 Å². The normalized spacial score (nSPS) is 11.8. The van der Waals surface area contributed by atoms with E-state index in [9.17, 15) is 13.2 Å². The van der Waals surface area contributed by atoms with Crippen LogP contribution in [0.15, 0.2) is 64.6 Å². The van der Waals surface area contributed by atoms with Crippen molar-refractivity contribution in [2.24, 2.45) is 5.10 Å². The third kappa shape index (κ3) is 4.93. The van der Waals surface area contributed by atoms with Crippen molar-refractivity contribution in [3.8, 4) is 0 Å². The van der Waals surface area contributed by atoms with Crippen molar-refractivity contribution >= 4 is 27.3 Å². The Morgan fingerprint density at radius 1 is 1.00 bits per heavy atom. The second-order valence-corrected chi connectivity index (χ2v) is 6.94. The fourth-order valence-electron chi connectivity index (χ4n) is 1.82. The maximum absolute atomic E-state index is 11.7. The molecule has 0 bridgehead atoms.